The fourth-order valence-electron chi connectivity index (χ4n) is 4.86. The van der Waals surface area contributed by atoms with Crippen LogP contribution in [0.1, 0.15) is 35.7 Å². The predicted octanol–water partition coefficient (Wildman–Crippen LogP) is 3.31. The molecule has 7 nitrogen and oxygen atoms in total. The summed E-state index contributed by atoms with van der Waals surface area (Å²) >= 11 is 6.30. The lowest BCUT2D eigenvalue weighted by Crippen LogP contribution is -2.61. The molecule has 2 N–H and O–H groups in total. The van der Waals surface area contributed by atoms with E-state index in [-0.39, 0.29) is 17.5 Å². The van der Waals surface area contributed by atoms with Gasteiger partial charge in [0, 0.05) is 58.1 Å². The zero-order valence-corrected chi connectivity index (χ0v) is 21.4. The second kappa shape index (κ2) is 10.3. The molecule has 2 fully saturated rings. The van der Waals surface area contributed by atoms with E-state index in [0.717, 1.165) is 43.8 Å². The van der Waals surface area contributed by atoms with Gasteiger partial charge in [-0.3, -0.25) is 14.5 Å². The van der Waals surface area contributed by atoms with E-state index in [9.17, 15) is 23.5 Å². The van der Waals surface area contributed by atoms with Gasteiger partial charge in [0.25, 0.3) is 11.8 Å². The number of carbonyl (C=O) groups is 2. The minimum Gasteiger partial charge on any atom is -0.380 e. The summed E-state index contributed by atoms with van der Waals surface area (Å²) in [6.07, 6.45) is 1.50. The van der Waals surface area contributed by atoms with E-state index >= 15 is 0 Å². The van der Waals surface area contributed by atoms with Crippen LogP contribution in [0.15, 0.2) is 36.4 Å². The molecule has 0 aliphatic carbocycles. The van der Waals surface area contributed by atoms with Gasteiger partial charge in [-0.05, 0) is 55.7 Å². The molecule has 4 rings (SSSR count). The first kappa shape index (κ1) is 26.3. The van der Waals surface area contributed by atoms with E-state index in [1.807, 2.05) is 6.07 Å². The second-order valence-electron chi connectivity index (χ2n) is 9.94. The Morgan fingerprint density at radius 2 is 1.69 bits per heavy atom. The molecule has 0 bridgehead atoms. The van der Waals surface area contributed by atoms with Crippen LogP contribution < -0.4 is 5.32 Å². The molecular formula is C26H31ClF2N4O3. The van der Waals surface area contributed by atoms with E-state index in [0.29, 0.717) is 35.8 Å². The van der Waals surface area contributed by atoms with Gasteiger partial charge in [-0.1, -0.05) is 11.6 Å². The summed E-state index contributed by atoms with van der Waals surface area (Å²) in [5.41, 5.74) is -0.778. The highest BCUT2D eigenvalue weighted by Gasteiger charge is 2.40. The van der Waals surface area contributed by atoms with E-state index in [4.69, 9.17) is 11.6 Å². The van der Waals surface area contributed by atoms with Crippen LogP contribution in [-0.2, 0) is 10.4 Å². The summed E-state index contributed by atoms with van der Waals surface area (Å²) in [5.74, 6) is -2.37. The van der Waals surface area contributed by atoms with Gasteiger partial charge in [-0.25, -0.2) is 8.78 Å². The Morgan fingerprint density at radius 3 is 2.25 bits per heavy atom. The number of likely N-dealkylation sites (tertiary alicyclic amines) is 2. The van der Waals surface area contributed by atoms with Crippen molar-refractivity contribution in [1.29, 1.82) is 0 Å². The monoisotopic (exact) mass is 520 g/mol. The van der Waals surface area contributed by atoms with Crippen LogP contribution in [0.3, 0.4) is 0 Å². The van der Waals surface area contributed by atoms with Gasteiger partial charge in [0.15, 0.2) is 5.60 Å². The lowest BCUT2D eigenvalue weighted by atomic mass is 9.91. The van der Waals surface area contributed by atoms with Crippen LogP contribution >= 0.6 is 11.6 Å². The van der Waals surface area contributed by atoms with E-state index in [1.165, 1.54) is 11.8 Å². The van der Waals surface area contributed by atoms with Crippen LogP contribution in [0, 0.1) is 11.6 Å². The van der Waals surface area contributed by atoms with Crippen LogP contribution in [0.2, 0.25) is 5.02 Å². The zero-order chi connectivity index (χ0) is 26.2. The Balaban J connectivity index is 1.27. The molecule has 10 heteroatoms. The molecule has 2 heterocycles. The third-order valence-corrected chi connectivity index (χ3v) is 7.31. The average molecular weight is 521 g/mol. The van der Waals surface area contributed by atoms with E-state index in [2.05, 4.69) is 10.2 Å². The number of carbonyl (C=O) groups excluding carboxylic acids is 2. The first-order valence-electron chi connectivity index (χ1n) is 12.0. The Labute approximate surface area is 214 Å². The second-order valence-corrected chi connectivity index (χ2v) is 10.4. The highest BCUT2D eigenvalue weighted by Crippen LogP contribution is 2.30. The van der Waals surface area contributed by atoms with E-state index < -0.39 is 23.1 Å². The molecule has 2 aromatic carbocycles. The predicted molar refractivity (Wildman–Crippen MR) is 134 cm³/mol. The fourth-order valence-corrected chi connectivity index (χ4v) is 5.12. The summed E-state index contributed by atoms with van der Waals surface area (Å²) in [6, 6.07) is 8.59. The number of hydrogen-bond donors (Lipinski definition) is 2. The van der Waals surface area contributed by atoms with Gasteiger partial charge >= 0.3 is 0 Å². The topological polar surface area (TPSA) is 76.1 Å². The molecule has 2 aromatic rings. The van der Waals surface area contributed by atoms with Gasteiger partial charge in [-0.2, -0.15) is 0 Å². The van der Waals surface area contributed by atoms with Gasteiger partial charge in [0.05, 0.1) is 16.6 Å². The van der Waals surface area contributed by atoms with Crippen molar-refractivity contribution in [1.82, 2.24) is 14.7 Å². The first-order chi connectivity index (χ1) is 17.0. The molecule has 0 spiro atoms. The molecule has 0 unspecified atom stereocenters. The number of anilines is 1. The van der Waals surface area contributed by atoms with E-state index in [1.54, 1.807) is 31.1 Å². The molecular weight excluding hydrogens is 490 g/mol. The Hall–Kier alpha value is -2.75. The summed E-state index contributed by atoms with van der Waals surface area (Å²) in [4.78, 5) is 30.5. The molecule has 0 saturated carbocycles. The van der Waals surface area contributed by atoms with Crippen molar-refractivity contribution in [3.8, 4) is 0 Å². The fraction of sp³-hybridized carbons (Fsp3) is 0.462. The van der Waals surface area contributed by atoms with Crippen molar-refractivity contribution in [2.75, 3.05) is 45.6 Å². The quantitative estimate of drug-likeness (QED) is 0.611. The maximum absolute atomic E-state index is 13.6. The van der Waals surface area contributed by atoms with Crippen LogP contribution in [0.5, 0.6) is 0 Å². The summed E-state index contributed by atoms with van der Waals surface area (Å²) in [5, 5.41) is 14.6. The smallest absolute Gasteiger partial charge is 0.258 e. The Bertz CT molecular complexity index is 1130. The maximum atomic E-state index is 13.6. The molecule has 0 radical (unpaired) electrons. The SMILES string of the molecule is CN(C)C(=O)c1ccc(NC2CN(C3CCN(C(=O)[C@@](C)(O)c4cc(F)cc(F)c4)CC3)C2)cc1Cl. The summed E-state index contributed by atoms with van der Waals surface area (Å²) in [7, 11) is 3.37. The number of amides is 2. The lowest BCUT2D eigenvalue weighted by Gasteiger charge is -2.48. The van der Waals surface area contributed by atoms with Gasteiger partial charge in [-0.15, -0.1) is 0 Å². The average Bonchev–Trinajstić information content (AvgIpc) is 2.79. The van der Waals surface area contributed by atoms with Crippen molar-refractivity contribution >= 4 is 29.1 Å². The number of benzene rings is 2. The highest BCUT2D eigenvalue weighted by molar-refractivity contribution is 6.34. The largest absolute Gasteiger partial charge is 0.380 e. The molecule has 194 valence electrons. The molecule has 0 aromatic heterocycles. The molecule has 2 aliphatic heterocycles. The number of nitrogens with zero attached hydrogens (tertiary/aromatic N) is 3. The van der Waals surface area contributed by atoms with Crippen LogP contribution in [-0.4, -0.2) is 84.0 Å². The van der Waals surface area contributed by atoms with Crippen molar-refractivity contribution < 1.29 is 23.5 Å². The Morgan fingerprint density at radius 1 is 1.08 bits per heavy atom. The van der Waals surface area contributed by atoms with Crippen molar-refractivity contribution in [3.05, 3.63) is 64.2 Å². The zero-order valence-electron chi connectivity index (χ0n) is 20.6. The number of aliphatic hydroxyl groups is 1. The third kappa shape index (κ3) is 5.48. The minimum atomic E-state index is -2.00. The van der Waals surface area contributed by atoms with Crippen molar-refractivity contribution in [3.63, 3.8) is 0 Å². The number of halogens is 3. The van der Waals surface area contributed by atoms with Gasteiger partial charge in [0.1, 0.15) is 11.6 Å². The van der Waals surface area contributed by atoms with Crippen LogP contribution in [0.25, 0.3) is 0 Å². The molecule has 1 atom stereocenters. The minimum absolute atomic E-state index is 0.0944. The molecule has 2 amide bonds. The van der Waals surface area contributed by atoms with Gasteiger partial charge in [0.2, 0.25) is 0 Å². The number of nitrogens with one attached hydrogen (secondary N) is 1. The third-order valence-electron chi connectivity index (χ3n) is 7.00. The lowest BCUT2D eigenvalue weighted by molar-refractivity contribution is -0.152. The van der Waals surface area contributed by atoms with Gasteiger partial charge < -0.3 is 20.2 Å². The Kier molecular flexibility index (Phi) is 7.54. The maximum Gasteiger partial charge on any atom is 0.258 e. The molecule has 2 aliphatic rings. The van der Waals surface area contributed by atoms with Crippen LogP contribution in [0.4, 0.5) is 14.5 Å². The van der Waals surface area contributed by atoms with Crippen molar-refractivity contribution in [2.45, 2.75) is 37.5 Å². The number of hydrogen-bond acceptors (Lipinski definition) is 5. The molecule has 36 heavy (non-hydrogen) atoms. The first-order valence-corrected chi connectivity index (χ1v) is 12.3. The number of rotatable bonds is 6. The highest BCUT2D eigenvalue weighted by atomic mass is 35.5. The normalized spacial score (nSPS) is 18.9. The number of piperidine rings is 1. The molecule has 2 saturated heterocycles. The standard InChI is InChI=1S/C26H31ClF2N4O3/c1-26(36,16-10-17(28)12-18(29)11-16)25(35)32-8-6-21(7-9-32)33-14-20(15-33)30-19-4-5-22(23(27)13-19)24(34)31(2)3/h4-5,10-13,20-21,30,36H,6-9,14-15H2,1-3H3/t26-/m0/s1. The summed E-state index contributed by atoms with van der Waals surface area (Å²) in [6.45, 7) is 3.88. The van der Waals surface area contributed by atoms with Crippen molar-refractivity contribution in [2.24, 2.45) is 0 Å². The summed E-state index contributed by atoms with van der Waals surface area (Å²) < 4.78 is 27.2.